The van der Waals surface area contributed by atoms with E-state index in [0.29, 0.717) is 16.8 Å². The van der Waals surface area contributed by atoms with Crippen molar-refractivity contribution >= 4 is 22.8 Å². The predicted octanol–water partition coefficient (Wildman–Crippen LogP) is -0.0222. The van der Waals surface area contributed by atoms with E-state index in [9.17, 15) is 4.79 Å². The molecule has 84 valence electrons. The lowest BCUT2D eigenvalue weighted by atomic mass is 10.2. The highest BCUT2D eigenvalue weighted by Gasteiger charge is 2.23. The van der Waals surface area contributed by atoms with E-state index in [0.717, 1.165) is 0 Å². The quantitative estimate of drug-likeness (QED) is 0.685. The van der Waals surface area contributed by atoms with E-state index in [-0.39, 0.29) is 5.69 Å². The number of fused-ring (bicyclic) bond motifs is 1. The van der Waals surface area contributed by atoms with Gasteiger partial charge in [0.05, 0.1) is 19.0 Å². The van der Waals surface area contributed by atoms with Gasteiger partial charge in [-0.15, -0.1) is 0 Å². The number of rotatable bonds is 2. The molecule has 0 aliphatic rings. The van der Waals surface area contributed by atoms with Gasteiger partial charge < -0.3 is 20.6 Å². The molecule has 1 atom stereocenters. The van der Waals surface area contributed by atoms with Gasteiger partial charge in [-0.3, -0.25) is 4.98 Å². The molecule has 7 heteroatoms. The summed E-state index contributed by atoms with van der Waals surface area (Å²) < 4.78 is 9.63. The van der Waals surface area contributed by atoms with Gasteiger partial charge in [-0.25, -0.2) is 9.78 Å². The predicted molar refractivity (Wildman–Crippen MR) is 55.2 cm³/mol. The van der Waals surface area contributed by atoms with Gasteiger partial charge in [0.15, 0.2) is 12.0 Å². The SMILES string of the molecule is COC(=O)[C@H](N)c1ncc(N)c2ncoc12. The topological polar surface area (TPSA) is 117 Å². The Kier molecular flexibility index (Phi) is 2.45. The lowest BCUT2D eigenvalue weighted by Crippen LogP contribution is -2.23. The zero-order valence-electron chi connectivity index (χ0n) is 8.51. The smallest absolute Gasteiger partial charge is 0.329 e. The molecule has 2 aromatic rings. The number of hydrogen-bond donors (Lipinski definition) is 2. The molecule has 7 nitrogen and oxygen atoms in total. The van der Waals surface area contributed by atoms with E-state index in [4.69, 9.17) is 15.9 Å². The first-order valence-corrected chi connectivity index (χ1v) is 4.46. The number of carbonyl (C=O) groups excluding carboxylic acids is 1. The van der Waals surface area contributed by atoms with E-state index in [1.54, 1.807) is 0 Å². The Hall–Kier alpha value is -2.15. The van der Waals surface area contributed by atoms with Crippen LogP contribution in [0, 0.1) is 0 Å². The van der Waals surface area contributed by atoms with Crippen LogP contribution in [0.25, 0.3) is 11.1 Å². The maximum Gasteiger partial charge on any atom is 0.329 e. The zero-order valence-corrected chi connectivity index (χ0v) is 8.51. The molecule has 0 unspecified atom stereocenters. The molecule has 0 saturated carbocycles. The number of hydrogen-bond acceptors (Lipinski definition) is 7. The Morgan fingerprint density at radius 1 is 1.56 bits per heavy atom. The molecule has 0 aromatic carbocycles. The maximum absolute atomic E-state index is 11.3. The van der Waals surface area contributed by atoms with E-state index >= 15 is 0 Å². The van der Waals surface area contributed by atoms with Gasteiger partial charge in [0, 0.05) is 0 Å². The zero-order chi connectivity index (χ0) is 11.7. The molecular formula is C9H10N4O3. The van der Waals surface area contributed by atoms with Crippen LogP contribution in [0.5, 0.6) is 0 Å². The van der Waals surface area contributed by atoms with Crippen LogP contribution in [0.15, 0.2) is 17.0 Å². The molecular weight excluding hydrogens is 212 g/mol. The molecule has 2 heterocycles. The molecule has 0 aliphatic heterocycles. The summed E-state index contributed by atoms with van der Waals surface area (Å²) in [6, 6.07) is -1.01. The summed E-state index contributed by atoms with van der Waals surface area (Å²) in [6.45, 7) is 0. The standard InChI is InChI=1S/C9H10N4O3/c1-15-9(14)5(11)7-8-6(13-3-16-8)4(10)2-12-7/h2-3,5H,10-11H2,1H3/t5-/m1/s1. The lowest BCUT2D eigenvalue weighted by molar-refractivity contribution is -0.142. The fraction of sp³-hybridized carbons (Fsp3) is 0.222. The summed E-state index contributed by atoms with van der Waals surface area (Å²) in [5.41, 5.74) is 12.7. The van der Waals surface area contributed by atoms with E-state index in [1.807, 2.05) is 0 Å². The number of aromatic nitrogens is 2. The summed E-state index contributed by atoms with van der Waals surface area (Å²) in [6.07, 6.45) is 2.60. The highest BCUT2D eigenvalue weighted by Crippen LogP contribution is 2.24. The van der Waals surface area contributed by atoms with Gasteiger partial charge in [-0.2, -0.15) is 0 Å². The van der Waals surface area contributed by atoms with Crippen molar-refractivity contribution in [1.82, 2.24) is 9.97 Å². The number of nitrogens with two attached hydrogens (primary N) is 2. The maximum atomic E-state index is 11.3. The summed E-state index contributed by atoms with van der Waals surface area (Å²) in [4.78, 5) is 19.2. The van der Waals surface area contributed by atoms with Crippen molar-refractivity contribution in [2.45, 2.75) is 6.04 Å². The first-order chi connectivity index (χ1) is 7.65. The monoisotopic (exact) mass is 222 g/mol. The first kappa shape index (κ1) is 10.4. The van der Waals surface area contributed by atoms with Crippen molar-refractivity contribution in [2.24, 2.45) is 5.73 Å². The second kappa shape index (κ2) is 3.78. The number of oxazole rings is 1. The van der Waals surface area contributed by atoms with Crippen molar-refractivity contribution in [1.29, 1.82) is 0 Å². The molecule has 0 aliphatic carbocycles. The van der Waals surface area contributed by atoms with Crippen LogP contribution in [0.3, 0.4) is 0 Å². The Balaban J connectivity index is 2.57. The largest absolute Gasteiger partial charge is 0.468 e. The molecule has 0 amide bonds. The van der Waals surface area contributed by atoms with Crippen molar-refractivity contribution in [3.05, 3.63) is 18.3 Å². The summed E-state index contributed by atoms with van der Waals surface area (Å²) in [5.74, 6) is -0.602. The molecule has 0 spiro atoms. The molecule has 16 heavy (non-hydrogen) atoms. The highest BCUT2D eigenvalue weighted by atomic mass is 16.5. The van der Waals surface area contributed by atoms with Gasteiger partial charge in [-0.05, 0) is 0 Å². The Bertz CT molecular complexity index is 537. The Morgan fingerprint density at radius 3 is 3.00 bits per heavy atom. The first-order valence-electron chi connectivity index (χ1n) is 4.46. The molecule has 0 saturated heterocycles. The normalized spacial score (nSPS) is 12.6. The van der Waals surface area contributed by atoms with Crippen LogP contribution in [0.1, 0.15) is 11.7 Å². The molecule has 2 rings (SSSR count). The molecule has 0 fully saturated rings. The molecule has 4 N–H and O–H groups in total. The third-order valence-corrected chi connectivity index (χ3v) is 2.17. The van der Waals surface area contributed by atoms with Crippen LogP contribution < -0.4 is 11.5 Å². The number of carbonyl (C=O) groups is 1. The summed E-state index contributed by atoms with van der Waals surface area (Å²) >= 11 is 0. The fourth-order valence-corrected chi connectivity index (χ4v) is 1.35. The third kappa shape index (κ3) is 1.47. The summed E-state index contributed by atoms with van der Waals surface area (Å²) in [5, 5.41) is 0. The highest BCUT2D eigenvalue weighted by molar-refractivity contribution is 5.89. The number of nitrogen functional groups attached to an aromatic ring is 1. The minimum Gasteiger partial charge on any atom is -0.468 e. The number of esters is 1. The van der Waals surface area contributed by atoms with E-state index < -0.39 is 12.0 Å². The van der Waals surface area contributed by atoms with E-state index in [1.165, 1.54) is 19.7 Å². The number of ether oxygens (including phenoxy) is 1. The van der Waals surface area contributed by atoms with Gasteiger partial charge in [0.25, 0.3) is 0 Å². The number of nitrogens with zero attached hydrogens (tertiary/aromatic N) is 2. The molecule has 0 radical (unpaired) electrons. The number of pyridine rings is 1. The van der Waals surface area contributed by atoms with Crippen LogP contribution >= 0.6 is 0 Å². The number of methoxy groups -OCH3 is 1. The van der Waals surface area contributed by atoms with Gasteiger partial charge >= 0.3 is 5.97 Å². The van der Waals surface area contributed by atoms with Crippen molar-refractivity contribution in [3.63, 3.8) is 0 Å². The van der Waals surface area contributed by atoms with Crippen molar-refractivity contribution in [2.75, 3.05) is 12.8 Å². The lowest BCUT2D eigenvalue weighted by Gasteiger charge is -2.08. The summed E-state index contributed by atoms with van der Waals surface area (Å²) in [7, 11) is 1.25. The minimum atomic E-state index is -1.01. The molecule has 0 bridgehead atoms. The third-order valence-electron chi connectivity index (χ3n) is 2.17. The van der Waals surface area contributed by atoms with Crippen LogP contribution in [0.4, 0.5) is 5.69 Å². The van der Waals surface area contributed by atoms with Gasteiger partial charge in [0.2, 0.25) is 0 Å². The van der Waals surface area contributed by atoms with Gasteiger partial charge in [-0.1, -0.05) is 0 Å². The number of anilines is 1. The Labute approximate surface area is 90.4 Å². The second-order valence-corrected chi connectivity index (χ2v) is 3.13. The Morgan fingerprint density at radius 2 is 2.31 bits per heavy atom. The minimum absolute atomic E-state index is 0.258. The molecule has 2 aromatic heterocycles. The fourth-order valence-electron chi connectivity index (χ4n) is 1.35. The average molecular weight is 222 g/mol. The van der Waals surface area contributed by atoms with Gasteiger partial charge in [0.1, 0.15) is 17.3 Å². The van der Waals surface area contributed by atoms with Crippen LogP contribution in [-0.2, 0) is 9.53 Å². The van der Waals surface area contributed by atoms with Crippen molar-refractivity contribution < 1.29 is 13.9 Å². The van der Waals surface area contributed by atoms with Crippen LogP contribution in [0.2, 0.25) is 0 Å². The second-order valence-electron chi connectivity index (χ2n) is 3.13. The van der Waals surface area contributed by atoms with Crippen molar-refractivity contribution in [3.8, 4) is 0 Å². The van der Waals surface area contributed by atoms with Crippen LogP contribution in [-0.4, -0.2) is 23.0 Å². The van der Waals surface area contributed by atoms with E-state index in [2.05, 4.69) is 14.7 Å². The average Bonchev–Trinajstić information content (AvgIpc) is 2.77.